The lowest BCUT2D eigenvalue weighted by molar-refractivity contribution is -0.288. The van der Waals surface area contributed by atoms with Crippen molar-refractivity contribution in [1.29, 1.82) is 21.2 Å². The van der Waals surface area contributed by atoms with Gasteiger partial charge in [-0.2, -0.15) is 15.8 Å². The molecule has 2 heterocycles. The van der Waals surface area contributed by atoms with Crippen molar-refractivity contribution < 1.29 is 9.47 Å². The summed E-state index contributed by atoms with van der Waals surface area (Å²) in [5.41, 5.74) is -2.67. The zero-order chi connectivity index (χ0) is 20.9. The fourth-order valence-electron chi connectivity index (χ4n) is 4.48. The molecule has 2 saturated heterocycles. The number of nitrogens with zero attached hydrogens (tertiary/aromatic N) is 3. The lowest BCUT2D eigenvalue weighted by atomic mass is 9.53. The van der Waals surface area contributed by atoms with Crippen molar-refractivity contribution in [2.45, 2.75) is 18.8 Å². The molecule has 7 heteroatoms. The molecule has 2 aliphatic rings. The summed E-state index contributed by atoms with van der Waals surface area (Å²) in [4.78, 5) is 0. The number of benzene rings is 2. The van der Waals surface area contributed by atoms with Gasteiger partial charge in [0.2, 0.25) is 17.1 Å². The smallest absolute Gasteiger partial charge is 0.244 e. The van der Waals surface area contributed by atoms with Gasteiger partial charge in [-0.15, -0.1) is 0 Å². The second-order valence-electron chi connectivity index (χ2n) is 7.19. The highest BCUT2D eigenvalue weighted by Crippen LogP contribution is 2.68. The minimum Gasteiger partial charge on any atom is -0.443 e. The molecule has 4 rings (SSSR count). The Morgan fingerprint density at radius 1 is 0.966 bits per heavy atom. The van der Waals surface area contributed by atoms with Crippen LogP contribution >= 0.6 is 11.6 Å². The van der Waals surface area contributed by atoms with Crippen molar-refractivity contribution in [2.75, 3.05) is 0 Å². The molecule has 2 bridgehead atoms. The number of rotatable bonds is 2. The molecule has 1 N–H and O–H groups in total. The van der Waals surface area contributed by atoms with Crippen LogP contribution in [0.5, 0.6) is 0 Å². The summed E-state index contributed by atoms with van der Waals surface area (Å²) in [6.45, 7) is 1.67. The highest BCUT2D eigenvalue weighted by atomic mass is 35.5. The predicted octanol–water partition coefficient (Wildman–Crippen LogP) is 4.45. The summed E-state index contributed by atoms with van der Waals surface area (Å²) in [5, 5.41) is 39.6. The fourth-order valence-corrected chi connectivity index (χ4v) is 4.60. The molecule has 0 saturated carbocycles. The van der Waals surface area contributed by atoms with E-state index < -0.39 is 34.5 Å². The molecular formula is C22H15ClN4O2. The predicted molar refractivity (Wildman–Crippen MR) is 103 cm³/mol. The van der Waals surface area contributed by atoms with E-state index >= 15 is 0 Å². The van der Waals surface area contributed by atoms with E-state index in [1.165, 1.54) is 0 Å². The van der Waals surface area contributed by atoms with E-state index in [2.05, 4.69) is 6.07 Å². The third-order valence-electron chi connectivity index (χ3n) is 6.02. The number of hydrogen-bond acceptors (Lipinski definition) is 6. The molecule has 2 aliphatic heterocycles. The maximum atomic E-state index is 10.2. The Kier molecular flexibility index (Phi) is 4.14. The van der Waals surface area contributed by atoms with Crippen LogP contribution in [0.3, 0.4) is 0 Å². The largest absolute Gasteiger partial charge is 0.443 e. The van der Waals surface area contributed by atoms with Gasteiger partial charge in [0, 0.05) is 10.6 Å². The summed E-state index contributed by atoms with van der Waals surface area (Å²) in [7, 11) is 0. The normalized spacial score (nSPS) is 31.8. The van der Waals surface area contributed by atoms with Crippen LogP contribution in [0.25, 0.3) is 0 Å². The van der Waals surface area contributed by atoms with E-state index in [0.717, 1.165) is 0 Å². The van der Waals surface area contributed by atoms with Crippen molar-refractivity contribution in [2.24, 2.45) is 16.7 Å². The van der Waals surface area contributed by atoms with Crippen LogP contribution in [0.4, 0.5) is 0 Å². The van der Waals surface area contributed by atoms with Crippen LogP contribution in [-0.4, -0.2) is 5.90 Å². The summed E-state index contributed by atoms with van der Waals surface area (Å²) in [5.74, 6) is -2.74. The van der Waals surface area contributed by atoms with E-state index in [1.54, 1.807) is 61.5 Å². The molecule has 0 spiro atoms. The molecule has 0 amide bonds. The molecule has 2 aromatic carbocycles. The maximum Gasteiger partial charge on any atom is 0.244 e. The van der Waals surface area contributed by atoms with Gasteiger partial charge >= 0.3 is 0 Å². The Labute approximate surface area is 173 Å². The van der Waals surface area contributed by atoms with Crippen LogP contribution in [0.15, 0.2) is 54.6 Å². The molecule has 6 nitrogen and oxygen atoms in total. The van der Waals surface area contributed by atoms with Gasteiger partial charge in [0.1, 0.15) is 6.10 Å². The number of ether oxygens (including phenoxy) is 2. The first-order valence-corrected chi connectivity index (χ1v) is 9.30. The molecule has 0 aromatic heterocycles. The molecule has 142 valence electrons. The van der Waals surface area contributed by atoms with Crippen LogP contribution in [0.2, 0.25) is 5.02 Å². The first kappa shape index (κ1) is 19.0. The number of nitriles is 3. The van der Waals surface area contributed by atoms with E-state index in [-0.39, 0.29) is 0 Å². The Hall–Kier alpha value is -3.37. The van der Waals surface area contributed by atoms with Crippen molar-refractivity contribution in [1.82, 2.24) is 0 Å². The Morgan fingerprint density at radius 2 is 1.59 bits per heavy atom. The van der Waals surface area contributed by atoms with E-state index in [1.807, 2.05) is 12.1 Å². The molecular weight excluding hydrogens is 388 g/mol. The number of fused-ring (bicyclic) bond motifs is 2. The average molecular weight is 403 g/mol. The Bertz CT molecular complexity index is 1100. The highest BCUT2D eigenvalue weighted by molar-refractivity contribution is 6.30. The van der Waals surface area contributed by atoms with Crippen molar-refractivity contribution in [3.05, 3.63) is 70.7 Å². The average Bonchev–Trinajstić information content (AvgIpc) is 2.91. The highest BCUT2D eigenvalue weighted by Gasteiger charge is 2.79. The molecule has 29 heavy (non-hydrogen) atoms. The quantitative estimate of drug-likeness (QED) is 0.796. The number of hydrogen-bond donors (Lipinski definition) is 1. The van der Waals surface area contributed by atoms with Gasteiger partial charge in [-0.25, -0.2) is 0 Å². The SMILES string of the molecule is CC1C2(c3ccc(Cl)cc3)OC(=N)C1(C#N)C(C#N)(C#N)C(c1ccccc1)O2. The van der Waals surface area contributed by atoms with Gasteiger partial charge in [-0.1, -0.05) is 61.0 Å². The Balaban J connectivity index is 2.04. The van der Waals surface area contributed by atoms with Gasteiger partial charge < -0.3 is 9.47 Å². The van der Waals surface area contributed by atoms with Crippen molar-refractivity contribution >= 4 is 17.5 Å². The van der Waals surface area contributed by atoms with Crippen LogP contribution in [0.1, 0.15) is 24.2 Å². The van der Waals surface area contributed by atoms with Crippen molar-refractivity contribution in [3.63, 3.8) is 0 Å². The Morgan fingerprint density at radius 3 is 2.14 bits per heavy atom. The molecule has 2 fully saturated rings. The van der Waals surface area contributed by atoms with Gasteiger partial charge in [-0.05, 0) is 17.7 Å². The minimum atomic E-state index is -1.97. The van der Waals surface area contributed by atoms with Gasteiger partial charge in [0.25, 0.3) is 0 Å². The lowest BCUT2D eigenvalue weighted by Crippen LogP contribution is -2.57. The first-order valence-electron chi connectivity index (χ1n) is 8.92. The second-order valence-corrected chi connectivity index (χ2v) is 7.62. The molecule has 4 atom stereocenters. The summed E-state index contributed by atoms with van der Waals surface area (Å²) >= 11 is 6.02. The van der Waals surface area contributed by atoms with Gasteiger partial charge in [-0.3, -0.25) is 5.41 Å². The van der Waals surface area contributed by atoms with Gasteiger partial charge in [0.15, 0.2) is 5.41 Å². The molecule has 2 aromatic rings. The second kappa shape index (κ2) is 6.33. The monoisotopic (exact) mass is 402 g/mol. The van der Waals surface area contributed by atoms with Crippen LogP contribution in [0, 0.1) is 56.2 Å². The summed E-state index contributed by atoms with van der Waals surface area (Å²) < 4.78 is 12.3. The lowest BCUT2D eigenvalue weighted by Gasteiger charge is -2.48. The fraction of sp³-hybridized carbons (Fsp3) is 0.273. The van der Waals surface area contributed by atoms with E-state index in [4.69, 9.17) is 26.5 Å². The summed E-state index contributed by atoms with van der Waals surface area (Å²) in [6, 6.07) is 21.7. The van der Waals surface area contributed by atoms with Crippen LogP contribution in [-0.2, 0) is 15.3 Å². The van der Waals surface area contributed by atoms with E-state index in [9.17, 15) is 15.8 Å². The van der Waals surface area contributed by atoms with Gasteiger partial charge in [0.05, 0.1) is 24.1 Å². The zero-order valence-electron chi connectivity index (χ0n) is 15.4. The number of halogens is 1. The van der Waals surface area contributed by atoms with Crippen LogP contribution < -0.4 is 0 Å². The topological polar surface area (TPSA) is 114 Å². The zero-order valence-corrected chi connectivity index (χ0v) is 16.1. The molecule has 0 aliphatic carbocycles. The summed E-state index contributed by atoms with van der Waals surface area (Å²) in [6.07, 6.45) is -1.10. The molecule has 4 unspecified atom stereocenters. The number of nitrogens with one attached hydrogen (secondary N) is 1. The third kappa shape index (κ3) is 2.15. The first-order chi connectivity index (χ1) is 13.9. The maximum absolute atomic E-state index is 10.2. The standard InChI is InChI=1S/C22H15ClN4O2/c1-14-21(13-26)19(27)29-22(14,16-7-9-17(23)10-8-16)28-18(20(21,11-24)12-25)15-5-3-2-4-6-15/h2-10,14,18,27H,1H3. The van der Waals surface area contributed by atoms with Crippen molar-refractivity contribution in [3.8, 4) is 18.2 Å². The third-order valence-corrected chi connectivity index (χ3v) is 6.27. The molecule has 0 radical (unpaired) electrons. The minimum absolute atomic E-state index is 0.441. The van der Waals surface area contributed by atoms with E-state index in [0.29, 0.717) is 16.1 Å².